The van der Waals surface area contributed by atoms with Crippen molar-refractivity contribution in [3.8, 4) is 6.01 Å². The predicted molar refractivity (Wildman–Crippen MR) is 182 cm³/mol. The summed E-state index contributed by atoms with van der Waals surface area (Å²) in [5.74, 6) is 0.346. The normalized spacial score (nSPS) is 38.6. The molecule has 2 aliphatic heterocycles. The molecule has 0 bridgehead atoms. The maximum Gasteiger partial charge on any atom is 0.336 e. The summed E-state index contributed by atoms with van der Waals surface area (Å²) in [6.07, 6.45) is 0.594. The van der Waals surface area contributed by atoms with E-state index in [2.05, 4.69) is 25.6 Å². The zero-order chi connectivity index (χ0) is 31.8. The number of nitrogens with one attached hydrogen (secondary N) is 2. The van der Waals surface area contributed by atoms with Crippen LogP contribution in [-0.2, 0) is 41.2 Å². The molecule has 2 N–H and O–H groups in total. The van der Waals surface area contributed by atoms with Gasteiger partial charge in [0.1, 0.15) is 0 Å². The molecule has 43 heavy (non-hydrogen) atoms. The molecule has 8 unspecified atom stereocenters. The fraction of sp³-hybridized carbons (Fsp3) is 0.812. The van der Waals surface area contributed by atoms with Crippen LogP contribution in [0.15, 0.2) is 0 Å². The number of ether oxygens (including phenoxy) is 1. The van der Waals surface area contributed by atoms with Gasteiger partial charge < -0.3 is 56.5 Å². The van der Waals surface area contributed by atoms with Crippen molar-refractivity contribution in [1.29, 1.82) is 0 Å². The number of alkyl halides is 1. The highest BCUT2D eigenvalue weighted by Gasteiger charge is 2.40. The third-order valence-electron chi connectivity index (χ3n) is 5.89. The Balaban J connectivity index is 1.75. The molecule has 27 heteroatoms. The first-order valence-electron chi connectivity index (χ1n) is 14.2. The Morgan fingerprint density at radius 2 is 0.860 bits per heavy atom. The lowest BCUT2D eigenvalue weighted by molar-refractivity contribution is 0.177. The lowest BCUT2D eigenvalue weighted by atomic mass is 10.8. The molecule has 2 fully saturated rings. The largest absolute Gasteiger partial charge is 0.431 e. The van der Waals surface area contributed by atoms with Crippen LogP contribution in [0.1, 0.15) is 0 Å². The van der Waals surface area contributed by atoms with Gasteiger partial charge in [-0.1, -0.05) is 0 Å². The van der Waals surface area contributed by atoms with Crippen LogP contribution < -0.4 is 15.4 Å². The van der Waals surface area contributed by atoms with Crippen molar-refractivity contribution < 1.29 is 50.3 Å². The SMILES string of the molecule is C[SiH]1O[SiH](C)O[SiH](C)O[Si](C)(CNc2nc(NC[Si]3(C)O[SiH](C)O[SiH](C)O[SiH](C)O[SiH](C)O3)nc(OCF)n2)O[SiH](C)O1. The summed E-state index contributed by atoms with van der Waals surface area (Å²) in [6, 6.07) is -0.176. The fourth-order valence-corrected chi connectivity index (χ4v) is 38.7. The van der Waals surface area contributed by atoms with E-state index in [1.807, 2.05) is 65.5 Å². The van der Waals surface area contributed by atoms with Gasteiger partial charge in [0.05, 0.1) is 12.3 Å². The summed E-state index contributed by atoms with van der Waals surface area (Å²) in [5.41, 5.74) is 0. The van der Waals surface area contributed by atoms with E-state index in [1.54, 1.807) is 0 Å². The van der Waals surface area contributed by atoms with Gasteiger partial charge in [0.25, 0.3) is 74.3 Å². The molecule has 0 spiro atoms. The minimum absolute atomic E-state index is 0.173. The molecule has 3 heterocycles. The Labute approximate surface area is 268 Å². The zero-order valence-electron chi connectivity index (χ0n) is 26.5. The maximum atomic E-state index is 13.2. The minimum atomic E-state index is -2.84. The van der Waals surface area contributed by atoms with E-state index >= 15 is 0 Å². The van der Waals surface area contributed by atoms with Gasteiger partial charge in [-0.05, 0) is 65.5 Å². The number of aromatic nitrogens is 3. The molecule has 0 aromatic carbocycles. The average Bonchev–Trinajstić information content (AvgIpc) is 2.84. The lowest BCUT2D eigenvalue weighted by Crippen LogP contribution is -2.56. The summed E-state index contributed by atoms with van der Waals surface area (Å²) < 4.78 is 80.1. The van der Waals surface area contributed by atoms with E-state index in [0.29, 0.717) is 12.3 Å². The Morgan fingerprint density at radius 3 is 1.16 bits per heavy atom. The molecule has 0 radical (unpaired) electrons. The highest BCUT2D eigenvalue weighted by molar-refractivity contribution is 6.82. The molecule has 248 valence electrons. The van der Waals surface area contributed by atoms with Gasteiger partial charge in [0, 0.05) is 0 Å². The second-order valence-corrected chi connectivity index (χ2v) is 34.9. The van der Waals surface area contributed by atoms with E-state index in [9.17, 15) is 4.39 Å². The monoisotopic (exact) mass is 783 g/mol. The van der Waals surface area contributed by atoms with Gasteiger partial charge >= 0.3 is 23.1 Å². The van der Waals surface area contributed by atoms with Gasteiger partial charge in [-0.25, -0.2) is 4.39 Å². The highest BCUT2D eigenvalue weighted by Crippen LogP contribution is 2.20. The fourth-order valence-electron chi connectivity index (χ4n) is 4.59. The van der Waals surface area contributed by atoms with Gasteiger partial charge in [0.2, 0.25) is 18.8 Å². The minimum Gasteiger partial charge on any atom is -0.431 e. The van der Waals surface area contributed by atoms with Crippen LogP contribution >= 0.6 is 0 Å². The first-order chi connectivity index (χ1) is 20.2. The number of hydrogen-bond donors (Lipinski definition) is 2. The molecule has 0 saturated carbocycles. The first kappa shape index (κ1) is 37.6. The molecule has 8 atom stereocenters. The van der Waals surface area contributed by atoms with Crippen LogP contribution in [0.2, 0.25) is 65.5 Å². The second-order valence-electron chi connectivity index (χ2n) is 10.3. The van der Waals surface area contributed by atoms with Crippen LogP contribution in [-0.4, -0.2) is 126 Å². The van der Waals surface area contributed by atoms with Crippen molar-refractivity contribution in [3.63, 3.8) is 0 Å². The average molecular weight is 784 g/mol. The van der Waals surface area contributed by atoms with E-state index in [1.165, 1.54) is 0 Å². The van der Waals surface area contributed by atoms with Crippen molar-refractivity contribution in [3.05, 3.63) is 0 Å². The van der Waals surface area contributed by atoms with E-state index in [4.69, 9.17) is 45.9 Å². The zero-order valence-corrected chi connectivity index (χ0v) is 37.7. The second kappa shape index (κ2) is 17.3. The van der Waals surface area contributed by atoms with Crippen molar-refractivity contribution in [2.24, 2.45) is 0 Å². The Kier molecular flexibility index (Phi) is 15.1. The van der Waals surface area contributed by atoms with Crippen LogP contribution in [0, 0.1) is 0 Å². The Hall–Kier alpha value is 0.109. The third-order valence-corrected chi connectivity index (χ3v) is 39.2. The van der Waals surface area contributed by atoms with E-state index in [-0.39, 0.29) is 17.9 Å². The molecule has 2 saturated heterocycles. The summed E-state index contributed by atoms with van der Waals surface area (Å²) in [7, 11) is -21.2. The standard InChI is InChI=1S/C16H46FN5O11Si10/c1-34-24-35(2)27-39(6)31-42(9,30-38(5)26-34)12-18-14-20-15(22-16(21-14)23-11-17)19-13-43(10)32-40(7)28-36(3)25-37(4)29-41(8)33-43/h34-41H,11-13H2,1-10H3,(H2,18,19,20,21,22). The Bertz CT molecular complexity index is 920. The molecule has 3 rings (SSSR count). The highest BCUT2D eigenvalue weighted by atomic mass is 28.5. The van der Waals surface area contributed by atoms with Gasteiger partial charge in [-0.3, -0.25) is 0 Å². The topological polar surface area (TPSA) is 164 Å². The molecule has 0 aliphatic carbocycles. The summed E-state index contributed by atoms with van der Waals surface area (Å²) in [6.45, 7) is 18.6. The van der Waals surface area contributed by atoms with Crippen LogP contribution in [0.5, 0.6) is 6.01 Å². The lowest BCUT2D eigenvalue weighted by Gasteiger charge is -2.36. The first-order valence-corrected chi connectivity index (χ1v) is 36.0. The Morgan fingerprint density at radius 1 is 0.558 bits per heavy atom. The van der Waals surface area contributed by atoms with Crippen molar-refractivity contribution in [1.82, 2.24) is 15.0 Å². The summed E-state index contributed by atoms with van der Waals surface area (Å²) in [4.78, 5) is 13.0. The van der Waals surface area contributed by atoms with Crippen molar-refractivity contribution in [2.45, 2.75) is 65.5 Å². The number of hydrogen-bond acceptors (Lipinski definition) is 16. The van der Waals surface area contributed by atoms with Crippen molar-refractivity contribution >= 4 is 103 Å². The number of halogens is 1. The molecule has 1 aromatic heterocycles. The predicted octanol–water partition coefficient (Wildman–Crippen LogP) is -0.781. The third kappa shape index (κ3) is 13.4. The molecule has 0 amide bonds. The number of nitrogens with zero attached hydrogens (tertiary/aromatic N) is 3. The molecule has 16 nitrogen and oxygen atoms in total. The van der Waals surface area contributed by atoms with Crippen molar-refractivity contribution in [2.75, 3.05) is 29.8 Å². The smallest absolute Gasteiger partial charge is 0.336 e. The van der Waals surface area contributed by atoms with Crippen LogP contribution in [0.25, 0.3) is 0 Å². The molecule has 2 aliphatic rings. The summed E-state index contributed by atoms with van der Waals surface area (Å²) >= 11 is 0. The molecular weight excluding hydrogens is 738 g/mol. The summed E-state index contributed by atoms with van der Waals surface area (Å²) in [5, 5.41) is 6.39. The van der Waals surface area contributed by atoms with Gasteiger partial charge in [-0.15, -0.1) is 0 Å². The number of anilines is 2. The van der Waals surface area contributed by atoms with Crippen LogP contribution in [0.3, 0.4) is 0 Å². The van der Waals surface area contributed by atoms with Crippen LogP contribution in [0.4, 0.5) is 16.3 Å². The van der Waals surface area contributed by atoms with Gasteiger partial charge in [-0.2, -0.15) is 15.0 Å². The molecular formula is C16H46FN5O11Si10. The number of rotatable bonds is 8. The maximum absolute atomic E-state index is 13.2. The van der Waals surface area contributed by atoms with Gasteiger partial charge in [0.15, 0.2) is 0 Å². The molecule has 1 aromatic rings. The van der Waals surface area contributed by atoms with E-state index in [0.717, 1.165) is 0 Å². The van der Waals surface area contributed by atoms with E-state index < -0.39 is 98.3 Å². The quantitative estimate of drug-likeness (QED) is 0.316.